The summed E-state index contributed by atoms with van der Waals surface area (Å²) in [6, 6.07) is 7.43. The van der Waals surface area contributed by atoms with E-state index in [2.05, 4.69) is 60.4 Å². The number of nitrogens with zero attached hydrogens (tertiary/aromatic N) is 4. The van der Waals surface area contributed by atoms with E-state index in [-0.39, 0.29) is 5.91 Å². The summed E-state index contributed by atoms with van der Waals surface area (Å²) in [4.78, 5) is 25.8. The van der Waals surface area contributed by atoms with Crippen LogP contribution in [0, 0.1) is 5.92 Å². The molecule has 2 aromatic rings. The Labute approximate surface area is 203 Å². The van der Waals surface area contributed by atoms with Crippen molar-refractivity contribution < 1.29 is 4.79 Å². The topological polar surface area (TPSA) is 85.4 Å². The van der Waals surface area contributed by atoms with E-state index < -0.39 is 0 Å². The van der Waals surface area contributed by atoms with E-state index >= 15 is 0 Å². The Hall–Kier alpha value is -2.91. The normalized spacial score (nSPS) is 16.9. The van der Waals surface area contributed by atoms with E-state index in [0.29, 0.717) is 23.2 Å². The van der Waals surface area contributed by atoms with Crippen LogP contribution in [0.1, 0.15) is 23.2 Å². The summed E-state index contributed by atoms with van der Waals surface area (Å²) in [5, 5.41) is 9.66. The fraction of sp³-hybridized carbons (Fsp3) is 0.375. The molecule has 8 nitrogen and oxygen atoms in total. The molecule has 2 fully saturated rings. The second kappa shape index (κ2) is 10.4. The van der Waals surface area contributed by atoms with Gasteiger partial charge in [0.1, 0.15) is 5.82 Å². The zero-order chi connectivity index (χ0) is 23.4. The number of anilines is 3. The zero-order valence-corrected chi connectivity index (χ0v) is 20.7. The van der Waals surface area contributed by atoms with Gasteiger partial charge < -0.3 is 25.8 Å². The lowest BCUT2D eigenvalue weighted by Crippen LogP contribution is -2.47. The second-order valence-electron chi connectivity index (χ2n) is 8.47. The number of nitrogens with one attached hydrogen (secondary N) is 3. The molecule has 4 rings (SSSR count). The van der Waals surface area contributed by atoms with Gasteiger partial charge in [0.15, 0.2) is 5.82 Å². The lowest BCUT2D eigenvalue weighted by atomic mass is 10.1. The van der Waals surface area contributed by atoms with Crippen LogP contribution >= 0.6 is 15.9 Å². The summed E-state index contributed by atoms with van der Waals surface area (Å²) in [7, 11) is 3.94. The fourth-order valence-electron chi connectivity index (χ4n) is 3.59. The van der Waals surface area contributed by atoms with Crippen molar-refractivity contribution in [2.45, 2.75) is 12.8 Å². The van der Waals surface area contributed by atoms with Crippen LogP contribution in [0.15, 0.2) is 59.0 Å². The van der Waals surface area contributed by atoms with E-state index in [1.807, 2.05) is 42.3 Å². The van der Waals surface area contributed by atoms with Crippen molar-refractivity contribution in [3.05, 3.63) is 64.5 Å². The molecule has 3 N–H and O–H groups in total. The highest BCUT2D eigenvalue weighted by atomic mass is 79.9. The predicted octanol–water partition coefficient (Wildman–Crippen LogP) is 3.81. The number of carbonyl (C=O) groups is 1. The van der Waals surface area contributed by atoms with Crippen molar-refractivity contribution >= 4 is 39.3 Å². The van der Waals surface area contributed by atoms with Crippen molar-refractivity contribution in [3.8, 4) is 0 Å². The van der Waals surface area contributed by atoms with Crippen LogP contribution < -0.4 is 16.0 Å². The van der Waals surface area contributed by atoms with Crippen molar-refractivity contribution in [1.29, 1.82) is 0 Å². The van der Waals surface area contributed by atoms with Gasteiger partial charge in [0.05, 0.1) is 4.47 Å². The first kappa shape index (κ1) is 23.3. The smallest absolute Gasteiger partial charge is 0.253 e. The first-order valence-corrected chi connectivity index (χ1v) is 11.9. The molecule has 1 aliphatic carbocycles. The van der Waals surface area contributed by atoms with Gasteiger partial charge in [-0.15, -0.1) is 0 Å². The van der Waals surface area contributed by atoms with Gasteiger partial charge in [0, 0.05) is 50.7 Å². The molecule has 1 aromatic heterocycles. The Morgan fingerprint density at radius 3 is 2.52 bits per heavy atom. The number of benzene rings is 1. The minimum absolute atomic E-state index is 0.0696. The van der Waals surface area contributed by atoms with Crippen LogP contribution in [0.5, 0.6) is 0 Å². The molecule has 0 unspecified atom stereocenters. The van der Waals surface area contributed by atoms with E-state index in [4.69, 9.17) is 0 Å². The Morgan fingerprint density at radius 2 is 1.88 bits per heavy atom. The quantitative estimate of drug-likeness (QED) is 0.464. The maximum atomic E-state index is 12.7. The van der Waals surface area contributed by atoms with Gasteiger partial charge in [-0.25, -0.2) is 4.98 Å². The first-order valence-electron chi connectivity index (χ1n) is 11.2. The summed E-state index contributed by atoms with van der Waals surface area (Å²) in [5.41, 5.74) is 2.61. The summed E-state index contributed by atoms with van der Waals surface area (Å²) in [6.07, 6.45) is 6.13. The van der Waals surface area contributed by atoms with E-state index in [1.165, 1.54) is 12.8 Å². The van der Waals surface area contributed by atoms with E-state index in [1.54, 1.807) is 6.20 Å². The van der Waals surface area contributed by atoms with Gasteiger partial charge in [-0.2, -0.15) is 4.98 Å². The molecule has 0 bridgehead atoms. The number of likely N-dealkylation sites (N-methyl/N-ethyl adjacent to an activating group) is 1. The largest absolute Gasteiger partial charge is 0.375 e. The Morgan fingerprint density at radius 1 is 1.18 bits per heavy atom. The molecule has 2 heterocycles. The number of hydrogen-bond donors (Lipinski definition) is 3. The van der Waals surface area contributed by atoms with Crippen molar-refractivity contribution in [1.82, 2.24) is 25.1 Å². The summed E-state index contributed by atoms with van der Waals surface area (Å²) < 4.78 is 0.749. The maximum absolute atomic E-state index is 12.7. The first-order chi connectivity index (χ1) is 15.9. The molecular formula is C24H30BrN7O. The number of halogens is 1. The molecule has 0 radical (unpaired) electrons. The van der Waals surface area contributed by atoms with Crippen LogP contribution in [0.25, 0.3) is 0 Å². The van der Waals surface area contributed by atoms with Gasteiger partial charge in [-0.05, 0) is 77.7 Å². The van der Waals surface area contributed by atoms with E-state index in [9.17, 15) is 4.79 Å². The van der Waals surface area contributed by atoms with Gasteiger partial charge >= 0.3 is 0 Å². The number of carbonyl (C=O) groups excluding carboxylic acids is 1. The number of allylic oxidation sites excluding steroid dienone is 2. The third-order valence-corrected chi connectivity index (χ3v) is 6.46. The molecule has 1 aromatic carbocycles. The van der Waals surface area contributed by atoms with Crippen molar-refractivity contribution in [2.75, 3.05) is 50.9 Å². The molecule has 0 spiro atoms. The molecule has 1 aliphatic heterocycles. The lowest BCUT2D eigenvalue weighted by molar-refractivity contribution is 0.0664. The van der Waals surface area contributed by atoms with Crippen LogP contribution in [0.3, 0.4) is 0 Å². The van der Waals surface area contributed by atoms with Crippen molar-refractivity contribution in [3.63, 3.8) is 0 Å². The number of aromatic nitrogens is 2. The van der Waals surface area contributed by atoms with Gasteiger partial charge in [-0.3, -0.25) is 4.79 Å². The van der Waals surface area contributed by atoms with Crippen LogP contribution in [0.4, 0.5) is 17.5 Å². The molecule has 9 heteroatoms. The third-order valence-electron chi connectivity index (χ3n) is 5.88. The van der Waals surface area contributed by atoms with Crippen LogP contribution in [-0.2, 0) is 0 Å². The molecule has 0 atom stereocenters. The fourth-order valence-corrected chi connectivity index (χ4v) is 3.88. The molecular weight excluding hydrogens is 482 g/mol. The maximum Gasteiger partial charge on any atom is 0.253 e. The average Bonchev–Trinajstić information content (AvgIpc) is 3.67. The molecule has 1 amide bonds. The highest BCUT2D eigenvalue weighted by Crippen LogP contribution is 2.36. The Balaban J connectivity index is 1.41. The lowest BCUT2D eigenvalue weighted by Gasteiger charge is -2.32. The minimum Gasteiger partial charge on any atom is -0.375 e. The highest BCUT2D eigenvalue weighted by Gasteiger charge is 2.23. The van der Waals surface area contributed by atoms with Gasteiger partial charge in [0.2, 0.25) is 5.95 Å². The van der Waals surface area contributed by atoms with Crippen LogP contribution in [-0.4, -0.2) is 65.9 Å². The SMILES string of the molecule is C=C(/C=C(\NC)Nc1nc(Nc2ccc(C(=O)N3CCN(C)CC3)cc2)ncc1Br)C1CC1. The zero-order valence-electron chi connectivity index (χ0n) is 19.1. The molecule has 1 saturated carbocycles. The Bertz CT molecular complexity index is 1040. The number of piperazine rings is 1. The van der Waals surface area contributed by atoms with Gasteiger partial charge in [-0.1, -0.05) is 6.58 Å². The summed E-state index contributed by atoms with van der Waals surface area (Å²) in [6.45, 7) is 7.48. The van der Waals surface area contributed by atoms with Gasteiger partial charge in [0.25, 0.3) is 5.91 Å². The standard InChI is InChI=1S/C24H30BrN7O/c1-16(17-4-5-17)14-21(26-2)29-22-20(25)15-27-24(30-22)28-19-8-6-18(7-9-19)23(33)32-12-10-31(3)11-13-32/h6-9,14-15,17,26H,1,4-5,10-13H2,2-3H3,(H2,27,28,29,30)/b21-14+. The average molecular weight is 512 g/mol. The third kappa shape index (κ3) is 6.11. The number of amides is 1. The molecule has 174 valence electrons. The predicted molar refractivity (Wildman–Crippen MR) is 135 cm³/mol. The highest BCUT2D eigenvalue weighted by molar-refractivity contribution is 9.10. The summed E-state index contributed by atoms with van der Waals surface area (Å²) >= 11 is 3.51. The molecule has 33 heavy (non-hydrogen) atoms. The molecule has 2 aliphatic rings. The Kier molecular flexibility index (Phi) is 7.29. The monoisotopic (exact) mass is 511 g/mol. The minimum atomic E-state index is 0.0696. The summed E-state index contributed by atoms with van der Waals surface area (Å²) in [5.74, 6) is 2.57. The number of hydrogen-bond acceptors (Lipinski definition) is 7. The van der Waals surface area contributed by atoms with Crippen LogP contribution in [0.2, 0.25) is 0 Å². The van der Waals surface area contributed by atoms with Crippen molar-refractivity contribution in [2.24, 2.45) is 5.92 Å². The van der Waals surface area contributed by atoms with E-state index in [0.717, 1.165) is 47.7 Å². The number of rotatable bonds is 8. The second-order valence-corrected chi connectivity index (χ2v) is 9.32. The molecule has 1 saturated heterocycles.